The van der Waals surface area contributed by atoms with Gasteiger partial charge in [-0.3, -0.25) is 0 Å². The van der Waals surface area contributed by atoms with E-state index in [0.717, 1.165) is 5.75 Å². The van der Waals surface area contributed by atoms with E-state index in [2.05, 4.69) is 36.4 Å². The molecule has 92 valence electrons. The van der Waals surface area contributed by atoms with Crippen LogP contribution in [-0.2, 0) is 6.42 Å². The Hall–Kier alpha value is -1.41. The van der Waals surface area contributed by atoms with Gasteiger partial charge in [-0.25, -0.2) is 0 Å². The molecule has 1 nitrogen and oxygen atoms in total. The zero-order chi connectivity index (χ0) is 12.4. The fourth-order valence-electron chi connectivity index (χ4n) is 2.45. The van der Waals surface area contributed by atoms with E-state index < -0.39 is 0 Å². The lowest BCUT2D eigenvalue weighted by Gasteiger charge is -2.25. The fraction of sp³-hybridized carbons (Fsp3) is 0.250. The third-order valence-corrected chi connectivity index (χ3v) is 4.71. The van der Waals surface area contributed by atoms with Crippen LogP contribution in [0.1, 0.15) is 21.9 Å². The lowest BCUT2D eigenvalue weighted by Crippen LogP contribution is -2.09. The number of benzene rings is 2. The van der Waals surface area contributed by atoms with Gasteiger partial charge in [0.15, 0.2) is 0 Å². The molecule has 0 saturated carbocycles. The number of methoxy groups -OCH3 is 1. The molecule has 0 spiro atoms. The number of aryl methyl sites for hydroxylation is 1. The summed E-state index contributed by atoms with van der Waals surface area (Å²) in [6.07, 6.45) is 1.19. The van der Waals surface area contributed by atoms with Crippen molar-refractivity contribution in [2.45, 2.75) is 11.7 Å². The maximum Gasteiger partial charge on any atom is 0.118 e. The zero-order valence-corrected chi connectivity index (χ0v) is 11.2. The van der Waals surface area contributed by atoms with Crippen molar-refractivity contribution in [3.05, 3.63) is 65.2 Å². The first-order chi connectivity index (χ1) is 8.88. The third-order valence-electron chi connectivity index (χ3n) is 3.41. The van der Waals surface area contributed by atoms with Gasteiger partial charge in [-0.1, -0.05) is 36.4 Å². The molecule has 18 heavy (non-hydrogen) atoms. The Labute approximate surface area is 112 Å². The molecule has 0 bridgehead atoms. The highest BCUT2D eigenvalue weighted by Gasteiger charge is 2.21. The molecule has 0 aromatic heterocycles. The summed E-state index contributed by atoms with van der Waals surface area (Å²) in [6, 6.07) is 17.3. The van der Waals surface area contributed by atoms with Gasteiger partial charge in [-0.15, -0.1) is 11.8 Å². The minimum Gasteiger partial charge on any atom is -0.497 e. The van der Waals surface area contributed by atoms with Crippen molar-refractivity contribution >= 4 is 11.8 Å². The minimum atomic E-state index is 0.473. The molecule has 0 saturated heterocycles. The number of thioether (sulfide) groups is 1. The summed E-state index contributed by atoms with van der Waals surface area (Å²) in [5.74, 6) is 2.13. The van der Waals surface area contributed by atoms with E-state index in [-0.39, 0.29) is 0 Å². The van der Waals surface area contributed by atoms with Gasteiger partial charge in [0.25, 0.3) is 0 Å². The Morgan fingerprint density at radius 1 is 1.06 bits per heavy atom. The Balaban J connectivity index is 1.97. The lowest BCUT2D eigenvalue weighted by molar-refractivity contribution is 0.414. The maximum atomic E-state index is 5.22. The van der Waals surface area contributed by atoms with Crippen molar-refractivity contribution < 1.29 is 4.74 Å². The quantitative estimate of drug-likeness (QED) is 0.801. The molecule has 3 rings (SSSR count). The second-order valence-electron chi connectivity index (χ2n) is 4.47. The second kappa shape index (κ2) is 5.07. The smallest absolute Gasteiger partial charge is 0.118 e. The first-order valence-electron chi connectivity index (χ1n) is 6.22. The topological polar surface area (TPSA) is 9.23 Å². The first kappa shape index (κ1) is 11.7. The van der Waals surface area contributed by atoms with Crippen LogP contribution in [0.5, 0.6) is 5.75 Å². The Bertz CT molecular complexity index is 533. The van der Waals surface area contributed by atoms with Crippen LogP contribution in [-0.4, -0.2) is 12.9 Å². The van der Waals surface area contributed by atoms with E-state index in [1.807, 2.05) is 23.9 Å². The molecule has 1 aliphatic heterocycles. The molecule has 0 N–H and O–H groups in total. The summed E-state index contributed by atoms with van der Waals surface area (Å²) in [5, 5.41) is 0.473. The number of ether oxygens (including phenoxy) is 1. The molecule has 1 unspecified atom stereocenters. The van der Waals surface area contributed by atoms with Gasteiger partial charge in [0.05, 0.1) is 12.4 Å². The first-order valence-corrected chi connectivity index (χ1v) is 7.27. The van der Waals surface area contributed by atoms with Crippen LogP contribution < -0.4 is 4.74 Å². The summed E-state index contributed by atoms with van der Waals surface area (Å²) >= 11 is 2.03. The van der Waals surface area contributed by atoms with E-state index >= 15 is 0 Å². The van der Waals surface area contributed by atoms with Gasteiger partial charge >= 0.3 is 0 Å². The highest BCUT2D eigenvalue weighted by atomic mass is 32.2. The molecule has 0 amide bonds. The van der Waals surface area contributed by atoms with Gasteiger partial charge in [0.1, 0.15) is 5.75 Å². The average molecular weight is 256 g/mol. The number of fused-ring (bicyclic) bond motifs is 1. The normalized spacial score (nSPS) is 18.2. The molecule has 0 aliphatic carbocycles. The molecule has 0 radical (unpaired) electrons. The van der Waals surface area contributed by atoms with Crippen molar-refractivity contribution in [3.63, 3.8) is 0 Å². The largest absolute Gasteiger partial charge is 0.497 e. The van der Waals surface area contributed by atoms with Crippen molar-refractivity contribution in [2.24, 2.45) is 0 Å². The van der Waals surface area contributed by atoms with Crippen LogP contribution in [0.3, 0.4) is 0 Å². The summed E-state index contributed by atoms with van der Waals surface area (Å²) < 4.78 is 5.22. The second-order valence-corrected chi connectivity index (χ2v) is 5.69. The summed E-state index contributed by atoms with van der Waals surface area (Å²) in [5.41, 5.74) is 4.34. The molecule has 1 heterocycles. The Morgan fingerprint density at radius 3 is 2.61 bits per heavy atom. The van der Waals surface area contributed by atoms with Crippen LogP contribution in [0.25, 0.3) is 0 Å². The lowest BCUT2D eigenvalue weighted by atomic mass is 9.97. The number of hydrogen-bond donors (Lipinski definition) is 0. The molecular weight excluding hydrogens is 240 g/mol. The summed E-state index contributed by atoms with van der Waals surface area (Å²) in [7, 11) is 1.71. The van der Waals surface area contributed by atoms with Gasteiger partial charge in [0, 0.05) is 0 Å². The molecule has 1 aliphatic rings. The molecule has 2 heteroatoms. The predicted molar refractivity (Wildman–Crippen MR) is 77.4 cm³/mol. The van der Waals surface area contributed by atoms with E-state index in [1.54, 1.807) is 7.11 Å². The summed E-state index contributed by atoms with van der Waals surface area (Å²) in [4.78, 5) is 0. The van der Waals surface area contributed by atoms with E-state index in [9.17, 15) is 0 Å². The number of hydrogen-bond acceptors (Lipinski definition) is 2. The SMILES string of the molecule is COc1ccc(C2SCCc3ccccc32)cc1. The van der Waals surface area contributed by atoms with Crippen LogP contribution in [0.4, 0.5) is 0 Å². The predicted octanol–water partition coefficient (Wildman–Crippen LogP) is 4.07. The average Bonchev–Trinajstić information content (AvgIpc) is 2.47. The third kappa shape index (κ3) is 2.13. The van der Waals surface area contributed by atoms with E-state index in [0.29, 0.717) is 5.25 Å². The van der Waals surface area contributed by atoms with Crippen LogP contribution in [0, 0.1) is 0 Å². The van der Waals surface area contributed by atoms with Crippen molar-refractivity contribution in [3.8, 4) is 5.75 Å². The monoisotopic (exact) mass is 256 g/mol. The van der Waals surface area contributed by atoms with E-state index in [1.165, 1.54) is 28.9 Å². The van der Waals surface area contributed by atoms with Crippen LogP contribution in [0.2, 0.25) is 0 Å². The molecular formula is C16H16OS. The summed E-state index contributed by atoms with van der Waals surface area (Å²) in [6.45, 7) is 0. The Morgan fingerprint density at radius 2 is 1.83 bits per heavy atom. The van der Waals surface area contributed by atoms with Gasteiger partial charge < -0.3 is 4.74 Å². The minimum absolute atomic E-state index is 0.473. The maximum absolute atomic E-state index is 5.22. The fourth-order valence-corrected chi connectivity index (χ4v) is 3.78. The number of rotatable bonds is 2. The van der Waals surface area contributed by atoms with Crippen molar-refractivity contribution in [1.29, 1.82) is 0 Å². The highest BCUT2D eigenvalue weighted by molar-refractivity contribution is 7.99. The highest BCUT2D eigenvalue weighted by Crippen LogP contribution is 2.41. The zero-order valence-electron chi connectivity index (χ0n) is 10.4. The van der Waals surface area contributed by atoms with Gasteiger partial charge in [0.2, 0.25) is 0 Å². The Kier molecular flexibility index (Phi) is 3.28. The molecule has 1 atom stereocenters. The van der Waals surface area contributed by atoms with E-state index in [4.69, 9.17) is 4.74 Å². The molecule has 0 fully saturated rings. The standard InChI is InChI=1S/C16H16OS/c1-17-14-8-6-13(7-9-14)16-15-5-3-2-4-12(15)10-11-18-16/h2-9,16H,10-11H2,1H3. The van der Waals surface area contributed by atoms with Crippen molar-refractivity contribution in [1.82, 2.24) is 0 Å². The van der Waals surface area contributed by atoms with Crippen LogP contribution >= 0.6 is 11.8 Å². The van der Waals surface area contributed by atoms with Crippen molar-refractivity contribution in [2.75, 3.05) is 12.9 Å². The molecule has 2 aromatic carbocycles. The van der Waals surface area contributed by atoms with Gasteiger partial charge in [-0.2, -0.15) is 0 Å². The van der Waals surface area contributed by atoms with Crippen LogP contribution in [0.15, 0.2) is 48.5 Å². The van der Waals surface area contributed by atoms with Gasteiger partial charge in [-0.05, 0) is 41.0 Å². The molecule has 2 aromatic rings.